The van der Waals surface area contributed by atoms with Crippen molar-refractivity contribution >= 4 is 23.2 Å². The molecule has 2 heterocycles. The van der Waals surface area contributed by atoms with E-state index in [1.165, 1.54) is 0 Å². The number of hydrogen-bond donors (Lipinski definition) is 1. The summed E-state index contributed by atoms with van der Waals surface area (Å²) in [5.41, 5.74) is 0.728. The van der Waals surface area contributed by atoms with Crippen molar-refractivity contribution in [2.75, 3.05) is 24.4 Å². The molecule has 1 aromatic heterocycles. The summed E-state index contributed by atoms with van der Waals surface area (Å²) in [7, 11) is 0. The molecule has 0 radical (unpaired) electrons. The van der Waals surface area contributed by atoms with Crippen LogP contribution in [0.4, 0.5) is 5.69 Å². The first-order chi connectivity index (χ1) is 8.29. The van der Waals surface area contributed by atoms with Gasteiger partial charge in [-0.3, -0.25) is 9.48 Å². The van der Waals surface area contributed by atoms with E-state index in [4.69, 9.17) is 16.3 Å². The van der Waals surface area contributed by atoms with Gasteiger partial charge in [0.15, 0.2) is 0 Å². The standard InChI is InChI=1S/C11H16ClN3O2/c12-4-1-11(16)14-9-7-13-15(8-9)10-2-5-17-6-3-10/h7-8,10H,1-6H2,(H,14,16). The Hall–Kier alpha value is -1.07. The highest BCUT2D eigenvalue weighted by molar-refractivity contribution is 6.19. The third kappa shape index (κ3) is 3.44. The zero-order chi connectivity index (χ0) is 12.1. The lowest BCUT2D eigenvalue weighted by atomic mass is 10.1. The molecule has 0 saturated carbocycles. The second kappa shape index (κ2) is 6.02. The SMILES string of the molecule is O=C(CCCl)Nc1cnn(C2CCOCC2)c1. The van der Waals surface area contributed by atoms with E-state index in [-0.39, 0.29) is 5.91 Å². The summed E-state index contributed by atoms with van der Waals surface area (Å²) in [6, 6.07) is 0.377. The van der Waals surface area contributed by atoms with Crippen LogP contribution in [-0.2, 0) is 9.53 Å². The summed E-state index contributed by atoms with van der Waals surface area (Å²) >= 11 is 5.49. The molecule has 5 nitrogen and oxygen atoms in total. The molecule has 94 valence electrons. The number of carbonyl (C=O) groups is 1. The number of halogens is 1. The summed E-state index contributed by atoms with van der Waals surface area (Å²) in [6.45, 7) is 1.55. The number of aromatic nitrogens is 2. The number of alkyl halides is 1. The van der Waals surface area contributed by atoms with Crippen LogP contribution in [0.1, 0.15) is 25.3 Å². The lowest BCUT2D eigenvalue weighted by Crippen LogP contribution is -2.19. The van der Waals surface area contributed by atoms with Gasteiger partial charge in [0.2, 0.25) is 5.91 Å². The molecular weight excluding hydrogens is 242 g/mol. The molecule has 1 aliphatic rings. The molecule has 0 bridgehead atoms. The number of ether oxygens (including phenoxy) is 1. The number of carbonyl (C=O) groups excluding carboxylic acids is 1. The highest BCUT2D eigenvalue weighted by atomic mass is 35.5. The van der Waals surface area contributed by atoms with Crippen molar-refractivity contribution in [3.63, 3.8) is 0 Å². The van der Waals surface area contributed by atoms with Crippen molar-refractivity contribution in [1.29, 1.82) is 0 Å². The zero-order valence-electron chi connectivity index (χ0n) is 9.56. The minimum atomic E-state index is -0.0773. The Morgan fingerprint density at radius 2 is 2.35 bits per heavy atom. The van der Waals surface area contributed by atoms with Crippen molar-refractivity contribution in [2.45, 2.75) is 25.3 Å². The van der Waals surface area contributed by atoms with Crippen LogP contribution in [0.25, 0.3) is 0 Å². The molecule has 0 atom stereocenters. The number of nitrogens with one attached hydrogen (secondary N) is 1. The summed E-state index contributed by atoms with van der Waals surface area (Å²) in [5.74, 6) is 0.256. The highest BCUT2D eigenvalue weighted by Crippen LogP contribution is 2.21. The van der Waals surface area contributed by atoms with E-state index in [0.29, 0.717) is 18.3 Å². The maximum atomic E-state index is 11.3. The van der Waals surface area contributed by atoms with Crippen LogP contribution in [0, 0.1) is 0 Å². The molecule has 6 heteroatoms. The predicted molar refractivity (Wildman–Crippen MR) is 65.3 cm³/mol. The molecule has 1 fully saturated rings. The van der Waals surface area contributed by atoms with Crippen molar-refractivity contribution in [1.82, 2.24) is 9.78 Å². The molecule has 1 aromatic rings. The third-order valence-corrected chi connectivity index (χ3v) is 2.96. The molecular formula is C11H16ClN3O2. The maximum absolute atomic E-state index is 11.3. The summed E-state index contributed by atoms with van der Waals surface area (Å²) in [6.07, 6.45) is 5.79. The molecule has 1 saturated heterocycles. The Kier molecular flexibility index (Phi) is 4.39. The topological polar surface area (TPSA) is 56.2 Å². The fourth-order valence-electron chi connectivity index (χ4n) is 1.86. The van der Waals surface area contributed by atoms with Crippen LogP contribution >= 0.6 is 11.6 Å². The molecule has 17 heavy (non-hydrogen) atoms. The van der Waals surface area contributed by atoms with Gasteiger partial charge in [-0.15, -0.1) is 11.6 Å². The second-order valence-electron chi connectivity index (χ2n) is 4.04. The molecule has 1 N–H and O–H groups in total. The monoisotopic (exact) mass is 257 g/mol. The maximum Gasteiger partial charge on any atom is 0.225 e. The Labute approximate surface area is 105 Å². The van der Waals surface area contributed by atoms with Gasteiger partial charge in [-0.25, -0.2) is 0 Å². The number of anilines is 1. The average Bonchev–Trinajstić information content (AvgIpc) is 2.79. The van der Waals surface area contributed by atoms with E-state index in [9.17, 15) is 4.79 Å². The lowest BCUT2D eigenvalue weighted by molar-refractivity contribution is -0.115. The van der Waals surface area contributed by atoms with Gasteiger partial charge in [-0.05, 0) is 12.8 Å². The predicted octanol–water partition coefficient (Wildman–Crippen LogP) is 1.80. The number of hydrogen-bond acceptors (Lipinski definition) is 3. The summed E-state index contributed by atoms with van der Waals surface area (Å²) in [4.78, 5) is 11.3. The minimum absolute atomic E-state index is 0.0773. The third-order valence-electron chi connectivity index (χ3n) is 2.77. The molecule has 1 amide bonds. The van der Waals surface area contributed by atoms with Crippen molar-refractivity contribution < 1.29 is 9.53 Å². The average molecular weight is 258 g/mol. The Morgan fingerprint density at radius 3 is 3.06 bits per heavy atom. The normalized spacial score (nSPS) is 17.0. The van der Waals surface area contributed by atoms with Gasteiger partial charge in [0.25, 0.3) is 0 Å². The first-order valence-electron chi connectivity index (χ1n) is 5.77. The summed E-state index contributed by atoms with van der Waals surface area (Å²) < 4.78 is 7.20. The van der Waals surface area contributed by atoms with Gasteiger partial charge >= 0.3 is 0 Å². The van der Waals surface area contributed by atoms with E-state index in [1.54, 1.807) is 6.20 Å². The van der Waals surface area contributed by atoms with Gasteiger partial charge in [0, 0.05) is 31.7 Å². The van der Waals surface area contributed by atoms with Crippen LogP contribution in [0.3, 0.4) is 0 Å². The van der Waals surface area contributed by atoms with E-state index < -0.39 is 0 Å². The van der Waals surface area contributed by atoms with Gasteiger partial charge < -0.3 is 10.1 Å². The lowest BCUT2D eigenvalue weighted by Gasteiger charge is -2.22. The largest absolute Gasteiger partial charge is 0.381 e. The minimum Gasteiger partial charge on any atom is -0.381 e. The number of rotatable bonds is 4. The van der Waals surface area contributed by atoms with E-state index >= 15 is 0 Å². The first kappa shape index (κ1) is 12.4. The Balaban J connectivity index is 1.93. The molecule has 0 spiro atoms. The van der Waals surface area contributed by atoms with Crippen molar-refractivity contribution in [3.8, 4) is 0 Å². The zero-order valence-corrected chi connectivity index (χ0v) is 10.3. The van der Waals surface area contributed by atoms with Crippen LogP contribution in [0.2, 0.25) is 0 Å². The molecule has 2 rings (SSSR count). The summed E-state index contributed by atoms with van der Waals surface area (Å²) in [5, 5.41) is 7.03. The van der Waals surface area contributed by atoms with E-state index in [2.05, 4.69) is 10.4 Å². The second-order valence-corrected chi connectivity index (χ2v) is 4.42. The van der Waals surface area contributed by atoms with Crippen LogP contribution in [-0.4, -0.2) is 34.8 Å². The first-order valence-corrected chi connectivity index (χ1v) is 6.31. The van der Waals surface area contributed by atoms with Crippen LogP contribution in [0.15, 0.2) is 12.4 Å². The van der Waals surface area contributed by atoms with Gasteiger partial charge in [0.05, 0.1) is 17.9 Å². The number of nitrogens with zero attached hydrogens (tertiary/aromatic N) is 2. The van der Waals surface area contributed by atoms with Crippen molar-refractivity contribution in [3.05, 3.63) is 12.4 Å². The van der Waals surface area contributed by atoms with E-state index in [1.807, 2.05) is 10.9 Å². The van der Waals surface area contributed by atoms with Crippen LogP contribution < -0.4 is 5.32 Å². The smallest absolute Gasteiger partial charge is 0.225 e. The van der Waals surface area contributed by atoms with E-state index in [0.717, 1.165) is 31.7 Å². The molecule has 0 unspecified atom stereocenters. The molecule has 1 aliphatic heterocycles. The molecule has 0 aromatic carbocycles. The fourth-order valence-corrected chi connectivity index (χ4v) is 2.03. The van der Waals surface area contributed by atoms with Crippen LogP contribution in [0.5, 0.6) is 0 Å². The highest BCUT2D eigenvalue weighted by Gasteiger charge is 2.16. The van der Waals surface area contributed by atoms with Gasteiger partial charge in [-0.1, -0.05) is 0 Å². The fraction of sp³-hybridized carbons (Fsp3) is 0.636. The van der Waals surface area contributed by atoms with Gasteiger partial charge in [-0.2, -0.15) is 5.10 Å². The quantitative estimate of drug-likeness (QED) is 0.837. The Bertz CT molecular complexity index is 375. The Morgan fingerprint density at radius 1 is 1.59 bits per heavy atom. The molecule has 0 aliphatic carbocycles. The van der Waals surface area contributed by atoms with Gasteiger partial charge in [0.1, 0.15) is 0 Å². The number of amides is 1. The van der Waals surface area contributed by atoms with Crippen molar-refractivity contribution in [2.24, 2.45) is 0 Å².